The first kappa shape index (κ1) is 14.4. The van der Waals surface area contributed by atoms with Gasteiger partial charge in [0, 0.05) is 29.3 Å². The zero-order valence-electron chi connectivity index (χ0n) is 10.9. The third kappa shape index (κ3) is 3.40. The van der Waals surface area contributed by atoms with Crippen molar-refractivity contribution in [1.29, 1.82) is 0 Å². The molecule has 98 valence electrons. The molecule has 1 aromatic heterocycles. The quantitative estimate of drug-likeness (QED) is 0.846. The summed E-state index contributed by atoms with van der Waals surface area (Å²) in [5, 5.41) is 9.78. The molecule has 1 N–H and O–H groups in total. The molecule has 18 heavy (non-hydrogen) atoms. The maximum absolute atomic E-state index is 12.0. The fourth-order valence-corrected chi connectivity index (χ4v) is 2.24. The number of thiazole rings is 1. The van der Waals surface area contributed by atoms with Crippen molar-refractivity contribution in [2.75, 3.05) is 7.05 Å². The number of likely N-dealkylation sites (N-methyl/N-ethyl adjacent to an activating group) is 1. The number of carboxylic acids is 1. The lowest BCUT2D eigenvalue weighted by Crippen LogP contribution is -2.27. The summed E-state index contributed by atoms with van der Waals surface area (Å²) < 4.78 is 0. The molecule has 0 aliphatic heterocycles. The molecule has 0 saturated carbocycles. The predicted molar refractivity (Wildman–Crippen MR) is 69.3 cm³/mol. The molecule has 0 fully saturated rings. The van der Waals surface area contributed by atoms with Crippen LogP contribution >= 0.6 is 11.3 Å². The number of hydrogen-bond donors (Lipinski definition) is 1. The molecule has 0 spiro atoms. The number of aryl methyl sites for hydroxylation is 1. The number of aromatic nitrogens is 1. The molecule has 0 bridgehead atoms. The first-order chi connectivity index (χ1) is 8.32. The van der Waals surface area contributed by atoms with E-state index < -0.39 is 5.97 Å². The first-order valence-corrected chi connectivity index (χ1v) is 6.22. The second-order valence-electron chi connectivity index (χ2n) is 4.06. The van der Waals surface area contributed by atoms with Gasteiger partial charge in [-0.3, -0.25) is 4.79 Å². The van der Waals surface area contributed by atoms with E-state index in [1.807, 2.05) is 6.92 Å². The van der Waals surface area contributed by atoms with Crippen LogP contribution in [0.25, 0.3) is 0 Å². The van der Waals surface area contributed by atoms with Gasteiger partial charge in [0.05, 0.1) is 11.6 Å². The number of carboxylic acid groups (broad SMARTS) is 1. The third-order valence-electron chi connectivity index (χ3n) is 2.61. The van der Waals surface area contributed by atoms with Gasteiger partial charge in [0.15, 0.2) is 0 Å². The molecule has 6 heteroatoms. The number of carbonyl (C=O) groups excluding carboxylic acids is 1. The van der Waals surface area contributed by atoms with Gasteiger partial charge in [0.2, 0.25) is 5.91 Å². The number of aliphatic carboxylic acids is 1. The summed E-state index contributed by atoms with van der Waals surface area (Å²) >= 11 is 1.52. The minimum atomic E-state index is -1.07. The van der Waals surface area contributed by atoms with Crippen LogP contribution in [0.1, 0.15) is 23.7 Å². The van der Waals surface area contributed by atoms with Gasteiger partial charge < -0.3 is 10.0 Å². The summed E-state index contributed by atoms with van der Waals surface area (Å²) in [5.74, 6) is -1.34. The molecule has 0 aliphatic carbocycles. The van der Waals surface area contributed by atoms with Crippen LogP contribution < -0.4 is 0 Å². The minimum absolute atomic E-state index is 0.0762. The number of rotatable bonds is 4. The largest absolute Gasteiger partial charge is 0.478 e. The first-order valence-electron chi connectivity index (χ1n) is 5.40. The van der Waals surface area contributed by atoms with Crippen molar-refractivity contribution in [2.24, 2.45) is 0 Å². The van der Waals surface area contributed by atoms with Crippen LogP contribution in [0.4, 0.5) is 0 Å². The highest BCUT2D eigenvalue weighted by atomic mass is 32.1. The van der Waals surface area contributed by atoms with Crippen molar-refractivity contribution < 1.29 is 14.7 Å². The Morgan fingerprint density at radius 3 is 2.44 bits per heavy atom. The summed E-state index contributed by atoms with van der Waals surface area (Å²) in [6.07, 6.45) is 1.73. The highest BCUT2D eigenvalue weighted by Gasteiger charge is 2.17. The topological polar surface area (TPSA) is 70.5 Å². The van der Waals surface area contributed by atoms with E-state index >= 15 is 0 Å². The standard InChI is InChI=1S/C12H16N2O3S/c1-7(8(2)12(16)17)11(15)14(4)6-10-5-13-9(3)18-10/h5H,6H2,1-4H3,(H,16,17). The van der Waals surface area contributed by atoms with Crippen LogP contribution in [0.5, 0.6) is 0 Å². The molecular formula is C12H16N2O3S. The molecule has 0 aromatic carbocycles. The number of nitrogens with zero attached hydrogens (tertiary/aromatic N) is 2. The van der Waals surface area contributed by atoms with Crippen LogP contribution in [0, 0.1) is 6.92 Å². The van der Waals surface area contributed by atoms with Crippen LogP contribution in [0.15, 0.2) is 17.3 Å². The van der Waals surface area contributed by atoms with Gasteiger partial charge in [-0.05, 0) is 20.8 Å². The second kappa shape index (κ2) is 5.77. The Kier molecular flexibility index (Phi) is 4.61. The number of amides is 1. The van der Waals surface area contributed by atoms with Crippen LogP contribution in [0.3, 0.4) is 0 Å². The summed E-state index contributed by atoms with van der Waals surface area (Å²) in [6, 6.07) is 0. The Labute approximate surface area is 110 Å². The van der Waals surface area contributed by atoms with Gasteiger partial charge in [0.1, 0.15) is 0 Å². The van der Waals surface area contributed by atoms with Crippen molar-refractivity contribution in [1.82, 2.24) is 9.88 Å². The van der Waals surface area contributed by atoms with E-state index in [1.54, 1.807) is 13.2 Å². The molecule has 0 unspecified atom stereocenters. The summed E-state index contributed by atoms with van der Waals surface area (Å²) in [5.41, 5.74) is 0.332. The lowest BCUT2D eigenvalue weighted by atomic mass is 10.1. The molecule has 1 heterocycles. The Bertz CT molecular complexity index is 505. The second-order valence-corrected chi connectivity index (χ2v) is 5.38. The van der Waals surface area contributed by atoms with Crippen molar-refractivity contribution in [3.63, 3.8) is 0 Å². The summed E-state index contributed by atoms with van der Waals surface area (Å²) in [7, 11) is 1.65. The average Bonchev–Trinajstić information content (AvgIpc) is 2.71. The molecule has 5 nitrogen and oxygen atoms in total. The molecule has 1 aromatic rings. The van der Waals surface area contributed by atoms with Gasteiger partial charge in [-0.2, -0.15) is 0 Å². The van der Waals surface area contributed by atoms with Gasteiger partial charge in [-0.25, -0.2) is 9.78 Å². The highest BCUT2D eigenvalue weighted by molar-refractivity contribution is 7.11. The minimum Gasteiger partial charge on any atom is -0.478 e. The Morgan fingerprint density at radius 1 is 1.39 bits per heavy atom. The van der Waals surface area contributed by atoms with E-state index in [1.165, 1.54) is 30.1 Å². The summed E-state index contributed by atoms with van der Waals surface area (Å²) in [6.45, 7) is 5.30. The SMILES string of the molecule is CC(C(=O)O)=C(C)C(=O)N(C)Cc1cnc(C)s1. The number of hydrogen-bond acceptors (Lipinski definition) is 4. The Hall–Kier alpha value is -1.69. The smallest absolute Gasteiger partial charge is 0.331 e. The number of carbonyl (C=O) groups is 2. The molecule has 1 amide bonds. The van der Waals surface area contributed by atoms with E-state index in [0.717, 1.165) is 9.88 Å². The van der Waals surface area contributed by atoms with Crippen molar-refractivity contribution >= 4 is 23.2 Å². The monoisotopic (exact) mass is 268 g/mol. The maximum atomic E-state index is 12.0. The fourth-order valence-electron chi connectivity index (χ4n) is 1.39. The van der Waals surface area contributed by atoms with E-state index in [2.05, 4.69) is 4.98 Å². The molecule has 0 atom stereocenters. The molecule has 0 aliphatic rings. The van der Waals surface area contributed by atoms with Gasteiger partial charge >= 0.3 is 5.97 Å². The van der Waals surface area contributed by atoms with Gasteiger partial charge in [0.25, 0.3) is 0 Å². The Morgan fingerprint density at radius 2 is 2.00 bits per heavy atom. The van der Waals surface area contributed by atoms with E-state index in [9.17, 15) is 9.59 Å². The molecule has 1 rings (SSSR count). The molecular weight excluding hydrogens is 252 g/mol. The van der Waals surface area contributed by atoms with Crippen molar-refractivity contribution in [3.8, 4) is 0 Å². The van der Waals surface area contributed by atoms with Gasteiger partial charge in [-0.1, -0.05) is 0 Å². The van der Waals surface area contributed by atoms with E-state index in [0.29, 0.717) is 6.54 Å². The average molecular weight is 268 g/mol. The normalized spacial score (nSPS) is 12.0. The lowest BCUT2D eigenvalue weighted by Gasteiger charge is -2.17. The maximum Gasteiger partial charge on any atom is 0.331 e. The zero-order chi connectivity index (χ0) is 13.9. The Balaban J connectivity index is 2.79. The summed E-state index contributed by atoms with van der Waals surface area (Å²) in [4.78, 5) is 29.4. The lowest BCUT2D eigenvalue weighted by molar-refractivity contribution is -0.133. The molecule has 0 radical (unpaired) electrons. The van der Waals surface area contributed by atoms with Crippen molar-refractivity contribution in [2.45, 2.75) is 27.3 Å². The van der Waals surface area contributed by atoms with Crippen LogP contribution in [-0.2, 0) is 16.1 Å². The third-order valence-corrected chi connectivity index (χ3v) is 3.51. The van der Waals surface area contributed by atoms with Crippen molar-refractivity contribution in [3.05, 3.63) is 27.2 Å². The fraction of sp³-hybridized carbons (Fsp3) is 0.417. The van der Waals surface area contributed by atoms with E-state index in [4.69, 9.17) is 5.11 Å². The predicted octanol–water partition coefficient (Wildman–Crippen LogP) is 1.83. The van der Waals surface area contributed by atoms with Crippen LogP contribution in [-0.4, -0.2) is 33.9 Å². The van der Waals surface area contributed by atoms with E-state index in [-0.39, 0.29) is 17.1 Å². The zero-order valence-corrected chi connectivity index (χ0v) is 11.7. The van der Waals surface area contributed by atoms with Gasteiger partial charge in [-0.15, -0.1) is 11.3 Å². The molecule has 0 saturated heterocycles. The highest BCUT2D eigenvalue weighted by Crippen LogP contribution is 2.15. The van der Waals surface area contributed by atoms with Crippen LogP contribution in [0.2, 0.25) is 0 Å².